The van der Waals surface area contributed by atoms with Crippen molar-refractivity contribution >= 4 is 17.6 Å². The number of halogens is 2. The Balaban J connectivity index is 1.61. The van der Waals surface area contributed by atoms with E-state index in [0.29, 0.717) is 17.1 Å². The van der Waals surface area contributed by atoms with E-state index in [1.165, 1.54) is 17.4 Å². The Kier molecular flexibility index (Phi) is 6.74. The summed E-state index contributed by atoms with van der Waals surface area (Å²) in [6, 6.07) is 8.03. The quantitative estimate of drug-likeness (QED) is 0.789. The predicted octanol–water partition coefficient (Wildman–Crippen LogP) is 4.44. The summed E-state index contributed by atoms with van der Waals surface area (Å²) >= 11 is 6.06. The third kappa shape index (κ3) is 5.02. The molecule has 0 bridgehead atoms. The molecule has 2 aromatic rings. The van der Waals surface area contributed by atoms with Crippen LogP contribution in [0.4, 0.5) is 9.18 Å². The van der Waals surface area contributed by atoms with Crippen molar-refractivity contribution in [2.75, 3.05) is 26.7 Å². The maximum atomic E-state index is 14.0. The molecule has 0 radical (unpaired) electrons. The van der Waals surface area contributed by atoms with Crippen molar-refractivity contribution in [2.45, 2.75) is 31.8 Å². The van der Waals surface area contributed by atoms with Crippen molar-refractivity contribution in [1.82, 2.24) is 15.1 Å². The van der Waals surface area contributed by atoms with Gasteiger partial charge in [0.15, 0.2) is 0 Å². The van der Waals surface area contributed by atoms with Crippen LogP contribution in [-0.4, -0.2) is 42.5 Å². The number of likely N-dealkylation sites (tertiary alicyclic amines) is 1. The molecule has 2 amide bonds. The fraction of sp³-hybridized carbons (Fsp3) is 0.450. The van der Waals surface area contributed by atoms with Gasteiger partial charge in [0, 0.05) is 24.2 Å². The number of hydrogen-bond donors (Lipinski definition) is 1. The summed E-state index contributed by atoms with van der Waals surface area (Å²) in [5.74, 6) is 0.431. The molecule has 1 N–H and O–H groups in total. The minimum Gasteiger partial charge on any atom is -0.468 e. The zero-order valence-corrected chi connectivity index (χ0v) is 16.2. The molecule has 1 fully saturated rings. The maximum Gasteiger partial charge on any atom is 0.317 e. The van der Waals surface area contributed by atoms with Crippen LogP contribution in [0.5, 0.6) is 0 Å². The Morgan fingerprint density at radius 3 is 2.74 bits per heavy atom. The summed E-state index contributed by atoms with van der Waals surface area (Å²) in [6.45, 7) is 2.51. The van der Waals surface area contributed by atoms with Crippen LogP contribution in [0.1, 0.15) is 36.6 Å². The molecule has 1 saturated heterocycles. The van der Waals surface area contributed by atoms with Gasteiger partial charge in [-0.3, -0.25) is 4.90 Å². The number of carbonyl (C=O) groups excluding carboxylic acids is 1. The second-order valence-corrected chi connectivity index (χ2v) is 7.28. The number of hydrogen-bond acceptors (Lipinski definition) is 3. The molecule has 0 saturated carbocycles. The molecule has 0 aliphatic carbocycles. The smallest absolute Gasteiger partial charge is 0.317 e. The van der Waals surface area contributed by atoms with Gasteiger partial charge >= 0.3 is 6.03 Å². The first-order valence-corrected chi connectivity index (χ1v) is 9.63. The van der Waals surface area contributed by atoms with Crippen LogP contribution in [0, 0.1) is 5.82 Å². The number of piperidine rings is 1. The van der Waals surface area contributed by atoms with Crippen molar-refractivity contribution in [3.05, 3.63) is 58.8 Å². The van der Waals surface area contributed by atoms with E-state index in [1.54, 1.807) is 25.4 Å². The van der Waals surface area contributed by atoms with E-state index in [9.17, 15) is 9.18 Å². The molecule has 1 atom stereocenters. The Labute approximate surface area is 164 Å². The average Bonchev–Trinajstić information content (AvgIpc) is 3.20. The molecule has 1 aliphatic heterocycles. The topological polar surface area (TPSA) is 48.7 Å². The van der Waals surface area contributed by atoms with Gasteiger partial charge in [-0.05, 0) is 50.2 Å². The van der Waals surface area contributed by atoms with Gasteiger partial charge in [-0.2, -0.15) is 0 Å². The van der Waals surface area contributed by atoms with Gasteiger partial charge in [-0.25, -0.2) is 9.18 Å². The summed E-state index contributed by atoms with van der Waals surface area (Å²) < 4.78 is 19.6. The highest BCUT2D eigenvalue weighted by Crippen LogP contribution is 2.25. The SMILES string of the molecule is CN(Cc1c(F)cccc1Cl)C(=O)NCC(c1ccco1)N1CCCCC1. The number of carbonyl (C=O) groups is 1. The highest BCUT2D eigenvalue weighted by Gasteiger charge is 2.25. The number of nitrogens with zero attached hydrogens (tertiary/aromatic N) is 2. The summed E-state index contributed by atoms with van der Waals surface area (Å²) in [5, 5.41) is 3.26. The minimum absolute atomic E-state index is 0.00491. The molecule has 7 heteroatoms. The molecule has 1 aromatic carbocycles. The molecule has 1 aliphatic rings. The monoisotopic (exact) mass is 393 g/mol. The number of urea groups is 1. The highest BCUT2D eigenvalue weighted by atomic mass is 35.5. The van der Waals surface area contributed by atoms with Gasteiger partial charge in [0.05, 0.1) is 18.8 Å². The first-order chi connectivity index (χ1) is 13.1. The Morgan fingerprint density at radius 1 is 1.30 bits per heavy atom. The fourth-order valence-corrected chi connectivity index (χ4v) is 3.65. The summed E-state index contributed by atoms with van der Waals surface area (Å²) in [6.07, 6.45) is 5.19. The van der Waals surface area contributed by atoms with Crippen molar-refractivity contribution < 1.29 is 13.6 Å². The Morgan fingerprint density at radius 2 is 2.07 bits per heavy atom. The van der Waals surface area contributed by atoms with Crippen LogP contribution < -0.4 is 5.32 Å². The number of amides is 2. The van der Waals surface area contributed by atoms with Gasteiger partial charge < -0.3 is 14.6 Å². The predicted molar refractivity (Wildman–Crippen MR) is 103 cm³/mol. The van der Waals surface area contributed by atoms with Gasteiger partial charge in [0.2, 0.25) is 0 Å². The highest BCUT2D eigenvalue weighted by molar-refractivity contribution is 6.31. The van der Waals surface area contributed by atoms with E-state index >= 15 is 0 Å². The molecule has 3 rings (SSSR count). The van der Waals surface area contributed by atoms with Crippen LogP contribution in [0.2, 0.25) is 5.02 Å². The van der Waals surface area contributed by atoms with Crippen LogP contribution in [0.3, 0.4) is 0 Å². The first-order valence-electron chi connectivity index (χ1n) is 9.25. The fourth-order valence-electron chi connectivity index (χ4n) is 3.43. The lowest BCUT2D eigenvalue weighted by Gasteiger charge is -2.33. The van der Waals surface area contributed by atoms with E-state index < -0.39 is 5.82 Å². The van der Waals surface area contributed by atoms with Crippen LogP contribution in [0.15, 0.2) is 41.0 Å². The lowest BCUT2D eigenvalue weighted by Crippen LogP contribution is -2.44. The maximum absolute atomic E-state index is 14.0. The lowest BCUT2D eigenvalue weighted by molar-refractivity contribution is 0.140. The van der Waals surface area contributed by atoms with Gasteiger partial charge in [0.1, 0.15) is 11.6 Å². The second-order valence-electron chi connectivity index (χ2n) is 6.87. The molecule has 146 valence electrons. The summed E-state index contributed by atoms with van der Waals surface area (Å²) in [7, 11) is 1.63. The second kappa shape index (κ2) is 9.24. The van der Waals surface area contributed by atoms with Crippen LogP contribution in [0.25, 0.3) is 0 Å². The van der Waals surface area contributed by atoms with Gasteiger partial charge in [-0.15, -0.1) is 0 Å². The standard InChI is InChI=1S/C20H25ClFN3O2/c1-24(14-15-16(21)7-5-8-17(15)22)20(26)23-13-18(19-9-6-12-27-19)25-10-3-2-4-11-25/h5-9,12,18H,2-4,10-11,13-14H2,1H3,(H,23,26). The van der Waals surface area contributed by atoms with E-state index in [4.69, 9.17) is 16.0 Å². The Hall–Kier alpha value is -2.05. The molecule has 27 heavy (non-hydrogen) atoms. The van der Waals surface area contributed by atoms with E-state index in [-0.39, 0.29) is 18.6 Å². The minimum atomic E-state index is -0.413. The summed E-state index contributed by atoms with van der Waals surface area (Å²) in [4.78, 5) is 16.3. The van der Waals surface area contributed by atoms with Crippen molar-refractivity contribution in [2.24, 2.45) is 0 Å². The molecular formula is C20H25ClFN3O2. The Bertz CT molecular complexity index is 727. The van der Waals surface area contributed by atoms with Gasteiger partial charge in [-0.1, -0.05) is 24.1 Å². The third-order valence-electron chi connectivity index (χ3n) is 4.95. The molecule has 2 heterocycles. The largest absolute Gasteiger partial charge is 0.468 e. The lowest BCUT2D eigenvalue weighted by atomic mass is 10.1. The van der Waals surface area contributed by atoms with Crippen molar-refractivity contribution in [3.63, 3.8) is 0 Å². The summed E-state index contributed by atoms with van der Waals surface area (Å²) in [5.41, 5.74) is 0.315. The van der Waals surface area contributed by atoms with E-state index in [2.05, 4.69) is 10.2 Å². The zero-order valence-electron chi connectivity index (χ0n) is 15.5. The first kappa shape index (κ1) is 19.7. The number of furan rings is 1. The number of nitrogens with one attached hydrogen (secondary N) is 1. The molecule has 1 unspecified atom stereocenters. The average molecular weight is 394 g/mol. The normalized spacial score (nSPS) is 16.1. The number of rotatable bonds is 6. The zero-order chi connectivity index (χ0) is 19.2. The van der Waals surface area contributed by atoms with Gasteiger partial charge in [0.25, 0.3) is 0 Å². The molecule has 5 nitrogen and oxygen atoms in total. The van der Waals surface area contributed by atoms with Crippen LogP contribution >= 0.6 is 11.6 Å². The molecule has 1 aromatic heterocycles. The van der Waals surface area contributed by atoms with Crippen molar-refractivity contribution in [3.8, 4) is 0 Å². The number of benzene rings is 1. The third-order valence-corrected chi connectivity index (χ3v) is 5.31. The van der Waals surface area contributed by atoms with E-state index in [1.807, 2.05) is 12.1 Å². The van der Waals surface area contributed by atoms with Crippen molar-refractivity contribution in [1.29, 1.82) is 0 Å². The van der Waals surface area contributed by atoms with E-state index in [0.717, 1.165) is 31.7 Å². The van der Waals surface area contributed by atoms with Crippen LogP contribution in [-0.2, 0) is 6.54 Å². The molecular weight excluding hydrogens is 369 g/mol. The molecule has 0 spiro atoms.